The molecular weight excluding hydrogens is 364 g/mol. The van der Waals surface area contributed by atoms with Gasteiger partial charge in [0.25, 0.3) is 5.91 Å². The highest BCUT2D eigenvalue weighted by Crippen LogP contribution is 2.19. The smallest absolute Gasteiger partial charge is 0.276 e. The Morgan fingerprint density at radius 3 is 2.41 bits per heavy atom. The molecule has 1 fully saturated rings. The van der Waals surface area contributed by atoms with Crippen molar-refractivity contribution in [3.63, 3.8) is 0 Å². The summed E-state index contributed by atoms with van der Waals surface area (Å²) in [6.07, 6.45) is 0. The summed E-state index contributed by atoms with van der Waals surface area (Å²) in [7, 11) is 0. The average Bonchev–Trinajstić information content (AvgIpc) is 3.11. The summed E-state index contributed by atoms with van der Waals surface area (Å²) in [5.41, 5.74) is 5.67. The van der Waals surface area contributed by atoms with Gasteiger partial charge in [0, 0.05) is 30.2 Å². The molecule has 0 aliphatic carbocycles. The molecule has 0 atom stereocenters. The van der Waals surface area contributed by atoms with Gasteiger partial charge in [0.05, 0.1) is 19.8 Å². The molecule has 3 aromatic rings. The molecule has 2 heterocycles. The Labute approximate surface area is 171 Å². The largest absolute Gasteiger partial charge is 0.378 e. The first-order chi connectivity index (χ1) is 14.1. The summed E-state index contributed by atoms with van der Waals surface area (Å²) >= 11 is 0. The van der Waals surface area contributed by atoms with Crippen molar-refractivity contribution in [2.24, 2.45) is 0 Å². The minimum atomic E-state index is -0.199. The van der Waals surface area contributed by atoms with Gasteiger partial charge >= 0.3 is 0 Å². The van der Waals surface area contributed by atoms with Gasteiger partial charge in [-0.3, -0.25) is 9.48 Å². The number of amides is 1. The van der Waals surface area contributed by atoms with E-state index >= 15 is 0 Å². The van der Waals surface area contributed by atoms with Crippen LogP contribution in [0.5, 0.6) is 0 Å². The number of anilines is 2. The van der Waals surface area contributed by atoms with Crippen LogP contribution in [0.2, 0.25) is 0 Å². The molecule has 0 spiro atoms. The van der Waals surface area contributed by atoms with Crippen LogP contribution in [0, 0.1) is 13.8 Å². The lowest BCUT2D eigenvalue weighted by Crippen LogP contribution is -2.36. The molecule has 1 aliphatic rings. The van der Waals surface area contributed by atoms with Crippen LogP contribution in [0.1, 0.15) is 27.3 Å². The quantitative estimate of drug-likeness (QED) is 0.723. The number of carbonyl (C=O) groups excluding carboxylic acids is 1. The van der Waals surface area contributed by atoms with Crippen molar-refractivity contribution in [2.75, 3.05) is 36.5 Å². The second kappa shape index (κ2) is 8.49. The standard InChI is InChI=1S/C23H26N4O2/c1-17-3-5-19(6-4-17)16-27-18(2)15-22(25-27)23(28)24-20-7-9-21(10-8-20)26-11-13-29-14-12-26/h3-10,15H,11-14,16H2,1-2H3,(H,24,28). The van der Waals surface area contributed by atoms with Crippen molar-refractivity contribution in [3.8, 4) is 0 Å². The molecule has 2 aromatic carbocycles. The summed E-state index contributed by atoms with van der Waals surface area (Å²) in [5, 5.41) is 7.44. The van der Waals surface area contributed by atoms with E-state index in [1.54, 1.807) is 0 Å². The molecule has 4 rings (SSSR count). The van der Waals surface area contributed by atoms with Crippen LogP contribution in [0.3, 0.4) is 0 Å². The first kappa shape index (κ1) is 19.2. The van der Waals surface area contributed by atoms with Crippen molar-refractivity contribution in [1.82, 2.24) is 9.78 Å². The van der Waals surface area contributed by atoms with Gasteiger partial charge < -0.3 is 15.0 Å². The van der Waals surface area contributed by atoms with Gasteiger partial charge in [-0.25, -0.2) is 0 Å². The fourth-order valence-electron chi connectivity index (χ4n) is 3.42. The minimum absolute atomic E-state index is 0.199. The molecule has 0 bridgehead atoms. The van der Waals surface area contributed by atoms with Crippen LogP contribution in [0.25, 0.3) is 0 Å². The number of hydrogen-bond acceptors (Lipinski definition) is 4. The molecule has 1 N–H and O–H groups in total. The lowest BCUT2D eigenvalue weighted by Gasteiger charge is -2.28. The van der Waals surface area contributed by atoms with Crippen LogP contribution in [-0.4, -0.2) is 42.0 Å². The van der Waals surface area contributed by atoms with Gasteiger partial charge in [-0.1, -0.05) is 29.8 Å². The Balaban J connectivity index is 1.41. The number of rotatable bonds is 5. The number of aromatic nitrogens is 2. The zero-order valence-corrected chi connectivity index (χ0v) is 16.9. The Kier molecular flexibility index (Phi) is 5.62. The molecule has 1 amide bonds. The van der Waals surface area contributed by atoms with Crippen LogP contribution >= 0.6 is 0 Å². The minimum Gasteiger partial charge on any atom is -0.378 e. The monoisotopic (exact) mass is 390 g/mol. The number of ether oxygens (including phenoxy) is 1. The number of morpholine rings is 1. The van der Waals surface area contributed by atoms with E-state index in [0.717, 1.165) is 48.9 Å². The predicted molar refractivity (Wildman–Crippen MR) is 115 cm³/mol. The van der Waals surface area contributed by atoms with Gasteiger partial charge in [-0.15, -0.1) is 0 Å². The number of hydrogen-bond donors (Lipinski definition) is 1. The first-order valence-corrected chi connectivity index (χ1v) is 9.92. The number of nitrogens with zero attached hydrogens (tertiary/aromatic N) is 3. The maximum Gasteiger partial charge on any atom is 0.276 e. The highest BCUT2D eigenvalue weighted by Gasteiger charge is 2.14. The molecule has 6 nitrogen and oxygen atoms in total. The highest BCUT2D eigenvalue weighted by atomic mass is 16.5. The fourth-order valence-corrected chi connectivity index (χ4v) is 3.42. The highest BCUT2D eigenvalue weighted by molar-refractivity contribution is 6.03. The molecule has 1 aromatic heterocycles. The van der Waals surface area contributed by atoms with E-state index in [1.165, 1.54) is 5.56 Å². The van der Waals surface area contributed by atoms with Gasteiger partial charge in [0.2, 0.25) is 0 Å². The number of nitrogens with one attached hydrogen (secondary N) is 1. The molecule has 0 radical (unpaired) electrons. The van der Waals surface area contributed by atoms with Crippen LogP contribution in [0.4, 0.5) is 11.4 Å². The maximum absolute atomic E-state index is 12.6. The normalized spacial score (nSPS) is 14.1. The van der Waals surface area contributed by atoms with E-state index < -0.39 is 0 Å². The third kappa shape index (κ3) is 4.66. The van der Waals surface area contributed by atoms with Gasteiger partial charge in [0.1, 0.15) is 0 Å². The molecule has 29 heavy (non-hydrogen) atoms. The maximum atomic E-state index is 12.6. The summed E-state index contributed by atoms with van der Waals surface area (Å²) in [4.78, 5) is 14.9. The summed E-state index contributed by atoms with van der Waals surface area (Å²) < 4.78 is 7.26. The molecule has 6 heteroatoms. The number of benzene rings is 2. The summed E-state index contributed by atoms with van der Waals surface area (Å²) in [6.45, 7) is 7.97. The predicted octanol–water partition coefficient (Wildman–Crippen LogP) is 3.64. The lowest BCUT2D eigenvalue weighted by atomic mass is 10.1. The van der Waals surface area contributed by atoms with Crippen molar-refractivity contribution in [1.29, 1.82) is 0 Å². The van der Waals surface area contributed by atoms with Crippen molar-refractivity contribution < 1.29 is 9.53 Å². The van der Waals surface area contributed by atoms with Gasteiger partial charge in [-0.2, -0.15) is 5.10 Å². The molecule has 1 saturated heterocycles. The van der Waals surface area contributed by atoms with E-state index in [0.29, 0.717) is 12.2 Å². The summed E-state index contributed by atoms with van der Waals surface area (Å²) in [5.74, 6) is -0.199. The van der Waals surface area contributed by atoms with Crippen LogP contribution < -0.4 is 10.2 Å². The summed E-state index contributed by atoms with van der Waals surface area (Å²) in [6, 6.07) is 18.1. The van der Waals surface area contributed by atoms with E-state index in [9.17, 15) is 4.79 Å². The van der Waals surface area contributed by atoms with Crippen LogP contribution in [0.15, 0.2) is 54.6 Å². The Hall–Kier alpha value is -3.12. The fraction of sp³-hybridized carbons (Fsp3) is 0.304. The zero-order valence-electron chi connectivity index (χ0n) is 16.9. The molecule has 0 unspecified atom stereocenters. The number of carbonyl (C=O) groups is 1. The zero-order chi connectivity index (χ0) is 20.2. The third-order valence-electron chi connectivity index (χ3n) is 5.17. The second-order valence-electron chi connectivity index (χ2n) is 7.41. The molecule has 150 valence electrons. The SMILES string of the molecule is Cc1ccc(Cn2nc(C(=O)Nc3ccc(N4CCOCC4)cc3)cc2C)cc1. The van der Waals surface area contributed by atoms with Gasteiger partial charge in [0.15, 0.2) is 5.69 Å². The number of aryl methyl sites for hydroxylation is 2. The van der Waals surface area contributed by atoms with Crippen molar-refractivity contribution >= 4 is 17.3 Å². The Bertz CT molecular complexity index is 971. The molecule has 1 aliphatic heterocycles. The second-order valence-corrected chi connectivity index (χ2v) is 7.41. The van der Waals surface area contributed by atoms with Crippen LogP contribution in [-0.2, 0) is 11.3 Å². The van der Waals surface area contributed by atoms with Crippen molar-refractivity contribution in [2.45, 2.75) is 20.4 Å². The molecular formula is C23H26N4O2. The van der Waals surface area contributed by atoms with E-state index in [2.05, 4.69) is 46.5 Å². The van der Waals surface area contributed by atoms with E-state index in [1.807, 2.05) is 41.9 Å². The lowest BCUT2D eigenvalue weighted by molar-refractivity contribution is 0.102. The molecule has 0 saturated carbocycles. The van der Waals surface area contributed by atoms with Gasteiger partial charge in [-0.05, 0) is 49.7 Å². The Morgan fingerprint density at radius 1 is 1.03 bits per heavy atom. The first-order valence-electron chi connectivity index (χ1n) is 9.92. The van der Waals surface area contributed by atoms with E-state index in [-0.39, 0.29) is 5.91 Å². The average molecular weight is 390 g/mol. The third-order valence-corrected chi connectivity index (χ3v) is 5.17. The van der Waals surface area contributed by atoms with Crippen molar-refractivity contribution in [3.05, 3.63) is 77.1 Å². The van der Waals surface area contributed by atoms with E-state index in [4.69, 9.17) is 4.74 Å². The Morgan fingerprint density at radius 2 is 1.72 bits per heavy atom. The topological polar surface area (TPSA) is 59.4 Å².